The largest absolute Gasteiger partial charge is 0.351 e. The predicted molar refractivity (Wildman–Crippen MR) is 73.4 cm³/mol. The number of primary amides is 1. The van der Waals surface area contributed by atoms with Crippen LogP contribution in [0, 0.1) is 0 Å². The van der Waals surface area contributed by atoms with Gasteiger partial charge in [0.05, 0.1) is 4.90 Å². The molecule has 0 fully saturated rings. The highest BCUT2D eigenvalue weighted by Gasteiger charge is 2.15. The third-order valence-corrected chi connectivity index (χ3v) is 3.61. The first-order valence-electron chi connectivity index (χ1n) is 5.18. The number of nitrogens with one attached hydrogen (secondary N) is 2. The van der Waals surface area contributed by atoms with Crippen LogP contribution < -0.4 is 15.8 Å². The molecule has 0 spiro atoms. The topological polar surface area (TPSA) is 118 Å². The average Bonchev–Trinajstić information content (AvgIpc) is 2.28. The molecular formula is C10H13N3O4S2. The summed E-state index contributed by atoms with van der Waals surface area (Å²) in [5.41, 5.74) is 5.20. The molecular weight excluding hydrogens is 290 g/mol. The van der Waals surface area contributed by atoms with E-state index in [-0.39, 0.29) is 17.2 Å². The van der Waals surface area contributed by atoms with Crippen LogP contribution in [0.5, 0.6) is 0 Å². The first-order chi connectivity index (χ1) is 8.85. The van der Waals surface area contributed by atoms with Gasteiger partial charge in [-0.15, -0.1) is 0 Å². The van der Waals surface area contributed by atoms with Crippen LogP contribution in [0.25, 0.3) is 0 Å². The Bertz CT molecular complexity index is 569. The number of anilines is 1. The molecule has 0 saturated carbocycles. The molecule has 0 saturated heterocycles. The number of amides is 3. The summed E-state index contributed by atoms with van der Waals surface area (Å²) >= 11 is 3.92. The first-order valence-corrected chi connectivity index (χ1v) is 7.30. The molecule has 0 aliphatic rings. The molecule has 0 unspecified atom stereocenters. The molecule has 19 heavy (non-hydrogen) atoms. The summed E-state index contributed by atoms with van der Waals surface area (Å²) in [5.74, 6) is 0.196. The molecule has 0 aliphatic carbocycles. The lowest BCUT2D eigenvalue weighted by molar-refractivity contribution is -0.115. The number of nitrogens with two attached hydrogens (primary N) is 1. The summed E-state index contributed by atoms with van der Waals surface area (Å²) in [6, 6.07) is 4.16. The lowest BCUT2D eigenvalue weighted by Gasteiger charge is -2.07. The Hall–Kier alpha value is -1.74. The van der Waals surface area contributed by atoms with Gasteiger partial charge in [-0.25, -0.2) is 17.9 Å². The second kappa shape index (κ2) is 6.43. The maximum atomic E-state index is 11.6. The fraction of sp³-hybridized carbons (Fsp3) is 0.200. The number of benzene rings is 1. The maximum absolute atomic E-state index is 11.6. The van der Waals surface area contributed by atoms with Crippen molar-refractivity contribution in [1.82, 2.24) is 4.72 Å². The zero-order valence-electron chi connectivity index (χ0n) is 9.79. The lowest BCUT2D eigenvalue weighted by Crippen LogP contribution is -2.34. The van der Waals surface area contributed by atoms with E-state index in [0.717, 1.165) is 0 Å². The van der Waals surface area contributed by atoms with E-state index >= 15 is 0 Å². The molecule has 0 radical (unpaired) electrons. The highest BCUT2D eigenvalue weighted by atomic mass is 32.2. The van der Waals surface area contributed by atoms with E-state index in [1.165, 1.54) is 24.3 Å². The second-order valence-electron chi connectivity index (χ2n) is 3.52. The van der Waals surface area contributed by atoms with Crippen LogP contribution in [0.15, 0.2) is 29.2 Å². The SMILES string of the molecule is NC(=O)NS(=O)(=O)c1ccc(NC(=O)CCS)cc1. The van der Waals surface area contributed by atoms with E-state index < -0.39 is 16.1 Å². The number of carbonyl (C=O) groups is 2. The Labute approximate surface area is 116 Å². The van der Waals surface area contributed by atoms with Gasteiger partial charge in [0.25, 0.3) is 10.0 Å². The molecule has 4 N–H and O–H groups in total. The number of rotatable bonds is 5. The van der Waals surface area contributed by atoms with Crippen molar-refractivity contribution in [3.63, 3.8) is 0 Å². The maximum Gasteiger partial charge on any atom is 0.326 e. The minimum absolute atomic E-state index is 0.126. The highest BCUT2D eigenvalue weighted by Crippen LogP contribution is 2.14. The molecule has 104 valence electrons. The minimum Gasteiger partial charge on any atom is -0.351 e. The number of thiol groups is 1. The standard InChI is InChI=1S/C10H13N3O4S2/c11-10(15)13-19(16,17)8-3-1-7(2-4-8)12-9(14)5-6-18/h1-4,18H,5-6H2,(H,12,14)(H3,11,13,15). The van der Waals surface area contributed by atoms with Crippen LogP contribution in [-0.4, -0.2) is 26.1 Å². The van der Waals surface area contributed by atoms with E-state index in [2.05, 4.69) is 17.9 Å². The monoisotopic (exact) mass is 303 g/mol. The molecule has 0 atom stereocenters. The van der Waals surface area contributed by atoms with Crippen LogP contribution in [0.2, 0.25) is 0 Å². The Kier molecular flexibility index (Phi) is 5.19. The molecule has 1 rings (SSSR count). The van der Waals surface area contributed by atoms with Gasteiger partial charge in [0.15, 0.2) is 0 Å². The van der Waals surface area contributed by atoms with Gasteiger partial charge in [-0.3, -0.25) is 4.79 Å². The van der Waals surface area contributed by atoms with Crippen molar-refractivity contribution in [3.05, 3.63) is 24.3 Å². The third kappa shape index (κ3) is 4.79. The van der Waals surface area contributed by atoms with Gasteiger partial charge < -0.3 is 11.1 Å². The van der Waals surface area contributed by atoms with Gasteiger partial charge in [0, 0.05) is 12.1 Å². The van der Waals surface area contributed by atoms with E-state index in [0.29, 0.717) is 11.4 Å². The normalized spacial score (nSPS) is 10.8. The summed E-state index contributed by atoms with van der Waals surface area (Å²) < 4.78 is 24.8. The fourth-order valence-electron chi connectivity index (χ4n) is 1.23. The summed E-state index contributed by atoms with van der Waals surface area (Å²) in [7, 11) is -3.96. The van der Waals surface area contributed by atoms with Crippen molar-refractivity contribution in [2.75, 3.05) is 11.1 Å². The molecule has 0 aromatic heterocycles. The van der Waals surface area contributed by atoms with Gasteiger partial charge in [-0.05, 0) is 30.0 Å². The van der Waals surface area contributed by atoms with Crippen LogP contribution in [-0.2, 0) is 14.8 Å². The van der Waals surface area contributed by atoms with Crippen LogP contribution in [0.1, 0.15) is 6.42 Å². The number of hydrogen-bond acceptors (Lipinski definition) is 5. The predicted octanol–water partition coefficient (Wildman–Crippen LogP) is 0.302. The van der Waals surface area contributed by atoms with Crippen molar-refractivity contribution in [2.45, 2.75) is 11.3 Å². The third-order valence-electron chi connectivity index (χ3n) is 2.02. The number of carbonyl (C=O) groups excluding carboxylic acids is 2. The van der Waals surface area contributed by atoms with Gasteiger partial charge in [0.2, 0.25) is 5.91 Å². The van der Waals surface area contributed by atoms with E-state index in [9.17, 15) is 18.0 Å². The Morgan fingerprint density at radius 1 is 1.21 bits per heavy atom. The summed E-state index contributed by atoms with van der Waals surface area (Å²) in [6.07, 6.45) is 0.256. The zero-order chi connectivity index (χ0) is 14.5. The van der Waals surface area contributed by atoms with Gasteiger partial charge in [0.1, 0.15) is 0 Å². The minimum atomic E-state index is -3.96. The van der Waals surface area contributed by atoms with Crippen LogP contribution in [0.3, 0.4) is 0 Å². The van der Waals surface area contributed by atoms with Crippen molar-refractivity contribution >= 4 is 40.3 Å². The van der Waals surface area contributed by atoms with E-state index in [1.807, 2.05) is 0 Å². The van der Waals surface area contributed by atoms with Crippen molar-refractivity contribution < 1.29 is 18.0 Å². The van der Waals surface area contributed by atoms with Crippen molar-refractivity contribution in [1.29, 1.82) is 0 Å². The van der Waals surface area contributed by atoms with Gasteiger partial charge >= 0.3 is 6.03 Å². The smallest absolute Gasteiger partial charge is 0.326 e. The number of hydrogen-bond donors (Lipinski definition) is 4. The van der Waals surface area contributed by atoms with Crippen molar-refractivity contribution in [3.8, 4) is 0 Å². The molecule has 1 aromatic carbocycles. The van der Waals surface area contributed by atoms with Gasteiger partial charge in [-0.1, -0.05) is 0 Å². The van der Waals surface area contributed by atoms with Gasteiger partial charge in [-0.2, -0.15) is 12.6 Å². The average molecular weight is 303 g/mol. The Morgan fingerprint density at radius 2 is 1.79 bits per heavy atom. The van der Waals surface area contributed by atoms with Crippen LogP contribution in [0.4, 0.5) is 10.5 Å². The molecule has 3 amide bonds. The van der Waals surface area contributed by atoms with Crippen LogP contribution >= 0.6 is 12.6 Å². The highest BCUT2D eigenvalue weighted by molar-refractivity contribution is 7.90. The number of sulfonamides is 1. The second-order valence-corrected chi connectivity index (χ2v) is 5.65. The Balaban J connectivity index is 2.82. The first kappa shape index (κ1) is 15.3. The summed E-state index contributed by atoms with van der Waals surface area (Å²) in [6.45, 7) is 0. The number of urea groups is 1. The van der Waals surface area contributed by atoms with E-state index in [4.69, 9.17) is 5.73 Å². The molecule has 1 aromatic rings. The Morgan fingerprint density at radius 3 is 2.26 bits per heavy atom. The molecule has 7 nitrogen and oxygen atoms in total. The van der Waals surface area contributed by atoms with Crippen molar-refractivity contribution in [2.24, 2.45) is 5.73 Å². The van der Waals surface area contributed by atoms with E-state index in [1.54, 1.807) is 4.72 Å². The zero-order valence-corrected chi connectivity index (χ0v) is 11.5. The molecule has 0 bridgehead atoms. The lowest BCUT2D eigenvalue weighted by atomic mass is 10.3. The quantitative estimate of drug-likeness (QED) is 0.585. The summed E-state index contributed by atoms with van der Waals surface area (Å²) in [4.78, 5) is 21.7. The molecule has 0 heterocycles. The fourth-order valence-corrected chi connectivity index (χ4v) is 2.31. The summed E-state index contributed by atoms with van der Waals surface area (Å²) in [5, 5.41) is 2.57. The molecule has 9 heteroatoms. The molecule has 0 aliphatic heterocycles.